The van der Waals surface area contributed by atoms with Gasteiger partial charge in [0.2, 0.25) is 11.7 Å². The van der Waals surface area contributed by atoms with Crippen molar-refractivity contribution >= 4 is 11.6 Å². The number of ether oxygens (including phenoxy) is 1. The van der Waals surface area contributed by atoms with Crippen LogP contribution in [0.3, 0.4) is 0 Å². The number of rotatable bonds is 5. The first-order chi connectivity index (χ1) is 11.7. The minimum Gasteiger partial charge on any atom is -0.497 e. The van der Waals surface area contributed by atoms with Gasteiger partial charge in [-0.3, -0.25) is 4.79 Å². The Balaban J connectivity index is 1.71. The second kappa shape index (κ2) is 6.95. The monoisotopic (exact) mass is 323 g/mol. The van der Waals surface area contributed by atoms with Crippen LogP contribution < -0.4 is 10.1 Å². The van der Waals surface area contributed by atoms with Crippen molar-refractivity contribution in [2.75, 3.05) is 12.4 Å². The molecule has 0 saturated heterocycles. The quantitative estimate of drug-likeness (QED) is 0.777. The number of hydrogen-bond donors (Lipinski definition) is 1. The van der Waals surface area contributed by atoms with Crippen LogP contribution >= 0.6 is 0 Å². The number of hydrogen-bond acceptors (Lipinski definition) is 5. The molecule has 1 N–H and O–H groups in total. The molecule has 1 amide bonds. The SMILES string of the molecule is CCc1nc(-c2ccc(C(=O)Nc3ccc(OC)cc3)cc2)no1. The van der Waals surface area contributed by atoms with Crippen LogP contribution in [-0.2, 0) is 6.42 Å². The maximum absolute atomic E-state index is 12.3. The highest BCUT2D eigenvalue weighted by atomic mass is 16.5. The summed E-state index contributed by atoms with van der Waals surface area (Å²) in [6.45, 7) is 1.95. The van der Waals surface area contributed by atoms with Crippen molar-refractivity contribution in [3.05, 3.63) is 60.0 Å². The molecule has 6 heteroatoms. The fourth-order valence-electron chi connectivity index (χ4n) is 2.16. The predicted octanol–water partition coefficient (Wildman–Crippen LogP) is 3.56. The molecular formula is C18H17N3O3. The number of anilines is 1. The fourth-order valence-corrected chi connectivity index (χ4v) is 2.16. The molecule has 6 nitrogen and oxygen atoms in total. The van der Waals surface area contributed by atoms with Crippen molar-refractivity contribution in [2.24, 2.45) is 0 Å². The zero-order valence-corrected chi connectivity index (χ0v) is 13.4. The Labute approximate surface area is 139 Å². The summed E-state index contributed by atoms with van der Waals surface area (Å²) in [6.07, 6.45) is 0.690. The van der Waals surface area contributed by atoms with E-state index in [0.717, 1.165) is 11.3 Å². The molecule has 1 heterocycles. The smallest absolute Gasteiger partial charge is 0.255 e. The maximum Gasteiger partial charge on any atom is 0.255 e. The second-order valence-electron chi connectivity index (χ2n) is 5.13. The summed E-state index contributed by atoms with van der Waals surface area (Å²) in [5.74, 6) is 1.67. The van der Waals surface area contributed by atoms with Crippen LogP contribution in [0.25, 0.3) is 11.4 Å². The summed E-state index contributed by atoms with van der Waals surface area (Å²) in [5.41, 5.74) is 2.06. The number of amides is 1. The summed E-state index contributed by atoms with van der Waals surface area (Å²) in [6, 6.07) is 14.2. The lowest BCUT2D eigenvalue weighted by atomic mass is 10.1. The van der Waals surface area contributed by atoms with Crippen LogP contribution in [0.15, 0.2) is 53.1 Å². The largest absolute Gasteiger partial charge is 0.497 e. The fraction of sp³-hybridized carbons (Fsp3) is 0.167. The van der Waals surface area contributed by atoms with Gasteiger partial charge < -0.3 is 14.6 Å². The molecular weight excluding hydrogens is 306 g/mol. The Morgan fingerprint density at radius 1 is 1.12 bits per heavy atom. The first-order valence-electron chi connectivity index (χ1n) is 7.58. The summed E-state index contributed by atoms with van der Waals surface area (Å²) in [4.78, 5) is 16.5. The second-order valence-corrected chi connectivity index (χ2v) is 5.13. The molecule has 0 saturated carbocycles. The topological polar surface area (TPSA) is 77.2 Å². The average Bonchev–Trinajstić information content (AvgIpc) is 3.11. The third-order valence-electron chi connectivity index (χ3n) is 3.52. The molecule has 2 aromatic carbocycles. The van der Waals surface area contributed by atoms with Crippen LogP contribution in [0, 0.1) is 0 Å². The van der Waals surface area contributed by atoms with E-state index in [1.165, 1.54) is 0 Å². The van der Waals surface area contributed by atoms with Crippen molar-refractivity contribution in [2.45, 2.75) is 13.3 Å². The van der Waals surface area contributed by atoms with Gasteiger partial charge in [-0.15, -0.1) is 0 Å². The molecule has 0 aliphatic carbocycles. The molecule has 1 aromatic heterocycles. The highest BCUT2D eigenvalue weighted by molar-refractivity contribution is 6.04. The normalized spacial score (nSPS) is 10.4. The first-order valence-corrected chi connectivity index (χ1v) is 7.58. The lowest BCUT2D eigenvalue weighted by Gasteiger charge is -2.06. The van der Waals surface area contributed by atoms with E-state index in [2.05, 4.69) is 15.5 Å². The summed E-state index contributed by atoms with van der Waals surface area (Å²) in [5, 5.41) is 6.76. The molecule has 3 aromatic rings. The first kappa shape index (κ1) is 15.7. The Morgan fingerprint density at radius 3 is 2.42 bits per heavy atom. The minimum atomic E-state index is -0.186. The van der Waals surface area contributed by atoms with Gasteiger partial charge >= 0.3 is 0 Å². The van der Waals surface area contributed by atoms with Gasteiger partial charge in [0.15, 0.2) is 0 Å². The molecule has 0 aliphatic rings. The number of carbonyl (C=O) groups excluding carboxylic acids is 1. The third kappa shape index (κ3) is 3.43. The van der Waals surface area contributed by atoms with Crippen LogP contribution in [0.1, 0.15) is 23.2 Å². The zero-order chi connectivity index (χ0) is 16.9. The molecule has 3 rings (SSSR count). The number of carbonyl (C=O) groups is 1. The van der Waals surface area contributed by atoms with Gasteiger partial charge in [0, 0.05) is 23.2 Å². The number of methoxy groups -OCH3 is 1. The Bertz CT molecular complexity index is 823. The van der Waals surface area contributed by atoms with Gasteiger partial charge in [0.05, 0.1) is 7.11 Å². The van der Waals surface area contributed by atoms with Crippen molar-refractivity contribution in [1.82, 2.24) is 10.1 Å². The van der Waals surface area contributed by atoms with Crippen molar-refractivity contribution < 1.29 is 14.1 Å². The predicted molar refractivity (Wildman–Crippen MR) is 90.1 cm³/mol. The molecule has 0 aliphatic heterocycles. The summed E-state index contributed by atoms with van der Waals surface area (Å²) >= 11 is 0. The number of nitrogens with one attached hydrogen (secondary N) is 1. The van der Waals surface area contributed by atoms with Gasteiger partial charge in [-0.1, -0.05) is 24.2 Å². The highest BCUT2D eigenvalue weighted by Gasteiger charge is 2.10. The van der Waals surface area contributed by atoms with Crippen LogP contribution in [0.5, 0.6) is 5.75 Å². The van der Waals surface area contributed by atoms with Gasteiger partial charge in [-0.05, 0) is 36.4 Å². The van der Waals surface area contributed by atoms with Crippen LogP contribution in [-0.4, -0.2) is 23.2 Å². The van der Waals surface area contributed by atoms with Gasteiger partial charge in [-0.2, -0.15) is 4.98 Å². The van der Waals surface area contributed by atoms with E-state index in [1.807, 2.05) is 6.92 Å². The number of nitrogens with zero attached hydrogens (tertiary/aromatic N) is 2. The van der Waals surface area contributed by atoms with Crippen LogP contribution in [0.4, 0.5) is 5.69 Å². The third-order valence-corrected chi connectivity index (χ3v) is 3.52. The Hall–Kier alpha value is -3.15. The molecule has 24 heavy (non-hydrogen) atoms. The van der Waals surface area contributed by atoms with Gasteiger partial charge in [0.25, 0.3) is 5.91 Å². The number of aryl methyl sites for hydroxylation is 1. The van der Waals surface area contributed by atoms with E-state index in [1.54, 1.807) is 55.6 Å². The van der Waals surface area contributed by atoms with E-state index >= 15 is 0 Å². The number of aromatic nitrogens is 2. The molecule has 0 fully saturated rings. The lowest BCUT2D eigenvalue weighted by Crippen LogP contribution is -2.11. The zero-order valence-electron chi connectivity index (χ0n) is 13.4. The van der Waals surface area contributed by atoms with Crippen molar-refractivity contribution in [3.8, 4) is 17.1 Å². The Morgan fingerprint density at radius 2 is 1.83 bits per heavy atom. The van der Waals surface area contributed by atoms with E-state index in [4.69, 9.17) is 9.26 Å². The van der Waals surface area contributed by atoms with E-state index in [9.17, 15) is 4.79 Å². The van der Waals surface area contributed by atoms with E-state index in [0.29, 0.717) is 29.4 Å². The molecule has 122 valence electrons. The average molecular weight is 323 g/mol. The van der Waals surface area contributed by atoms with E-state index in [-0.39, 0.29) is 5.91 Å². The minimum absolute atomic E-state index is 0.186. The van der Waals surface area contributed by atoms with Crippen LogP contribution in [0.2, 0.25) is 0 Å². The standard InChI is InChI=1S/C18H17N3O3/c1-3-16-20-17(21-24-16)12-4-6-13(7-5-12)18(22)19-14-8-10-15(23-2)11-9-14/h4-11H,3H2,1-2H3,(H,19,22). The number of benzene rings is 2. The Kier molecular flexibility index (Phi) is 4.56. The van der Waals surface area contributed by atoms with Gasteiger partial charge in [0.1, 0.15) is 5.75 Å². The molecule has 0 spiro atoms. The molecule has 0 unspecified atom stereocenters. The van der Waals surface area contributed by atoms with Crippen molar-refractivity contribution in [1.29, 1.82) is 0 Å². The highest BCUT2D eigenvalue weighted by Crippen LogP contribution is 2.19. The van der Waals surface area contributed by atoms with E-state index < -0.39 is 0 Å². The lowest BCUT2D eigenvalue weighted by molar-refractivity contribution is 0.102. The van der Waals surface area contributed by atoms with Gasteiger partial charge in [-0.25, -0.2) is 0 Å². The summed E-state index contributed by atoms with van der Waals surface area (Å²) < 4.78 is 10.2. The summed E-state index contributed by atoms with van der Waals surface area (Å²) in [7, 11) is 1.60. The molecule has 0 bridgehead atoms. The molecule has 0 radical (unpaired) electrons. The molecule has 0 atom stereocenters. The maximum atomic E-state index is 12.3. The van der Waals surface area contributed by atoms with Crippen molar-refractivity contribution in [3.63, 3.8) is 0 Å².